The van der Waals surface area contributed by atoms with Crippen LogP contribution in [0.5, 0.6) is 0 Å². The largest absolute Gasteiger partial charge is 0.444 e. The molecule has 8 heteroatoms. The summed E-state index contributed by atoms with van der Waals surface area (Å²) in [7, 11) is -1.98. The van der Waals surface area contributed by atoms with Crippen LogP contribution in [0.15, 0.2) is 21.2 Å². The van der Waals surface area contributed by atoms with Crippen molar-refractivity contribution in [2.45, 2.75) is 0 Å². The standard InChI is InChI=1S/C8H11BrN2O4S/c1-10-16(13,14)5-4-11-8(12)6-2-3-7(9)15-6/h2-3,10H,4-5H2,1H3,(H,11,12). The van der Waals surface area contributed by atoms with Crippen molar-refractivity contribution in [1.82, 2.24) is 10.0 Å². The lowest BCUT2D eigenvalue weighted by atomic mass is 10.4. The van der Waals surface area contributed by atoms with E-state index in [1.807, 2.05) is 0 Å². The predicted octanol–water partition coefficient (Wildman–Crippen LogP) is 0.321. The van der Waals surface area contributed by atoms with E-state index in [0.29, 0.717) is 4.67 Å². The first-order valence-electron chi connectivity index (χ1n) is 4.39. The molecule has 2 N–H and O–H groups in total. The van der Waals surface area contributed by atoms with Crippen LogP contribution in [-0.4, -0.2) is 33.7 Å². The summed E-state index contributed by atoms with van der Waals surface area (Å²) in [5, 5.41) is 2.43. The van der Waals surface area contributed by atoms with Crippen molar-refractivity contribution in [3.63, 3.8) is 0 Å². The van der Waals surface area contributed by atoms with Crippen LogP contribution in [0.2, 0.25) is 0 Å². The molecule has 1 aromatic heterocycles. The van der Waals surface area contributed by atoms with Crippen LogP contribution >= 0.6 is 15.9 Å². The summed E-state index contributed by atoms with van der Waals surface area (Å²) >= 11 is 3.06. The number of rotatable bonds is 5. The van der Waals surface area contributed by atoms with Crippen molar-refractivity contribution in [2.24, 2.45) is 0 Å². The highest BCUT2D eigenvalue weighted by Crippen LogP contribution is 2.13. The molecule has 0 bridgehead atoms. The molecule has 90 valence electrons. The van der Waals surface area contributed by atoms with Gasteiger partial charge in [-0.15, -0.1) is 0 Å². The van der Waals surface area contributed by atoms with Crippen LogP contribution in [-0.2, 0) is 10.0 Å². The lowest BCUT2D eigenvalue weighted by Crippen LogP contribution is -2.32. The minimum Gasteiger partial charge on any atom is -0.444 e. The monoisotopic (exact) mass is 310 g/mol. The first kappa shape index (κ1) is 13.2. The van der Waals surface area contributed by atoms with E-state index in [4.69, 9.17) is 4.42 Å². The molecule has 0 radical (unpaired) electrons. The summed E-state index contributed by atoms with van der Waals surface area (Å²) in [6.07, 6.45) is 0. The van der Waals surface area contributed by atoms with Crippen LogP contribution in [0, 0.1) is 0 Å². The van der Waals surface area contributed by atoms with Gasteiger partial charge < -0.3 is 9.73 Å². The molecule has 0 aliphatic rings. The third kappa shape index (κ3) is 3.95. The van der Waals surface area contributed by atoms with Gasteiger partial charge in [-0.05, 0) is 35.1 Å². The number of carbonyl (C=O) groups excluding carboxylic acids is 1. The van der Waals surface area contributed by atoms with Gasteiger partial charge in [-0.1, -0.05) is 0 Å². The summed E-state index contributed by atoms with van der Waals surface area (Å²) in [6, 6.07) is 3.07. The van der Waals surface area contributed by atoms with Crippen molar-refractivity contribution >= 4 is 31.9 Å². The van der Waals surface area contributed by atoms with Crippen molar-refractivity contribution in [3.8, 4) is 0 Å². The SMILES string of the molecule is CNS(=O)(=O)CCNC(=O)c1ccc(Br)o1. The summed E-state index contributed by atoms with van der Waals surface area (Å²) in [5.41, 5.74) is 0. The van der Waals surface area contributed by atoms with E-state index in [2.05, 4.69) is 26.0 Å². The Morgan fingerprint density at radius 1 is 1.50 bits per heavy atom. The molecule has 6 nitrogen and oxygen atoms in total. The fraction of sp³-hybridized carbons (Fsp3) is 0.375. The number of hydrogen-bond acceptors (Lipinski definition) is 4. The Morgan fingerprint density at radius 2 is 2.19 bits per heavy atom. The van der Waals surface area contributed by atoms with Crippen molar-refractivity contribution in [2.75, 3.05) is 19.3 Å². The van der Waals surface area contributed by atoms with E-state index in [-0.39, 0.29) is 18.1 Å². The number of nitrogens with one attached hydrogen (secondary N) is 2. The van der Waals surface area contributed by atoms with Gasteiger partial charge in [0.15, 0.2) is 10.4 Å². The van der Waals surface area contributed by atoms with E-state index < -0.39 is 15.9 Å². The van der Waals surface area contributed by atoms with Crippen LogP contribution in [0.25, 0.3) is 0 Å². The zero-order chi connectivity index (χ0) is 12.2. The minimum absolute atomic E-state index is 0.0281. The fourth-order valence-electron chi connectivity index (χ4n) is 0.924. The lowest BCUT2D eigenvalue weighted by molar-refractivity contribution is 0.0927. The molecule has 1 aromatic rings. The zero-order valence-corrected chi connectivity index (χ0v) is 10.9. The van der Waals surface area contributed by atoms with Crippen LogP contribution in [0.4, 0.5) is 0 Å². The molecule has 0 aromatic carbocycles. The van der Waals surface area contributed by atoms with E-state index in [1.165, 1.54) is 13.1 Å². The van der Waals surface area contributed by atoms with E-state index in [0.717, 1.165) is 0 Å². The molecule has 1 amide bonds. The van der Waals surface area contributed by atoms with E-state index in [1.54, 1.807) is 6.07 Å². The van der Waals surface area contributed by atoms with Crippen molar-refractivity contribution in [3.05, 3.63) is 22.6 Å². The van der Waals surface area contributed by atoms with Crippen molar-refractivity contribution < 1.29 is 17.6 Å². The second-order valence-electron chi connectivity index (χ2n) is 2.88. The Morgan fingerprint density at radius 3 is 2.69 bits per heavy atom. The fourth-order valence-corrected chi connectivity index (χ4v) is 1.81. The molecule has 0 atom stereocenters. The Balaban J connectivity index is 2.43. The number of hydrogen-bond donors (Lipinski definition) is 2. The third-order valence-electron chi connectivity index (χ3n) is 1.76. The topological polar surface area (TPSA) is 88.4 Å². The van der Waals surface area contributed by atoms with Gasteiger partial charge in [-0.3, -0.25) is 4.79 Å². The second kappa shape index (κ2) is 5.46. The molecule has 0 aliphatic heterocycles. The molecular formula is C8H11BrN2O4S. The maximum atomic E-state index is 11.4. The first-order chi connectivity index (χ1) is 7.44. The maximum Gasteiger partial charge on any atom is 0.287 e. The van der Waals surface area contributed by atoms with Gasteiger partial charge in [0.05, 0.1) is 5.75 Å². The van der Waals surface area contributed by atoms with Gasteiger partial charge >= 0.3 is 0 Å². The first-order valence-corrected chi connectivity index (χ1v) is 6.84. The highest BCUT2D eigenvalue weighted by atomic mass is 79.9. The predicted molar refractivity (Wildman–Crippen MR) is 61.6 cm³/mol. The van der Waals surface area contributed by atoms with E-state index >= 15 is 0 Å². The van der Waals surface area contributed by atoms with Gasteiger partial charge in [0.2, 0.25) is 10.0 Å². The summed E-state index contributed by atoms with van der Waals surface area (Å²) in [4.78, 5) is 11.4. The second-order valence-corrected chi connectivity index (χ2v) is 5.71. The molecule has 0 fully saturated rings. The summed E-state index contributed by atoms with van der Waals surface area (Å²) in [5.74, 6) is -0.484. The van der Waals surface area contributed by atoms with E-state index in [9.17, 15) is 13.2 Å². The number of sulfonamides is 1. The number of halogens is 1. The van der Waals surface area contributed by atoms with Crippen LogP contribution in [0.1, 0.15) is 10.6 Å². The smallest absolute Gasteiger partial charge is 0.287 e. The Labute approximate surface area is 102 Å². The molecule has 1 heterocycles. The normalized spacial score (nSPS) is 11.4. The van der Waals surface area contributed by atoms with Crippen LogP contribution < -0.4 is 10.0 Å². The average Bonchev–Trinajstić information content (AvgIpc) is 2.64. The number of carbonyl (C=O) groups is 1. The minimum atomic E-state index is -3.30. The van der Waals surface area contributed by atoms with Gasteiger partial charge in [-0.25, -0.2) is 13.1 Å². The summed E-state index contributed by atoms with van der Waals surface area (Å²) in [6.45, 7) is 0.0281. The molecule has 0 saturated heterocycles. The lowest BCUT2D eigenvalue weighted by Gasteiger charge is -2.03. The highest BCUT2D eigenvalue weighted by Gasteiger charge is 2.12. The summed E-state index contributed by atoms with van der Waals surface area (Å²) < 4.78 is 29.6. The van der Waals surface area contributed by atoms with Crippen molar-refractivity contribution in [1.29, 1.82) is 0 Å². The quantitative estimate of drug-likeness (QED) is 0.820. The molecule has 0 aliphatic carbocycles. The number of furan rings is 1. The third-order valence-corrected chi connectivity index (χ3v) is 3.55. The Bertz CT molecular complexity index is 468. The molecule has 0 saturated carbocycles. The molecule has 1 rings (SSSR count). The highest BCUT2D eigenvalue weighted by molar-refractivity contribution is 9.10. The zero-order valence-electron chi connectivity index (χ0n) is 8.49. The van der Waals surface area contributed by atoms with Gasteiger partial charge in [0, 0.05) is 6.54 Å². The molecular weight excluding hydrogens is 300 g/mol. The molecule has 0 unspecified atom stereocenters. The molecule has 16 heavy (non-hydrogen) atoms. The van der Waals surface area contributed by atoms with Gasteiger partial charge in [-0.2, -0.15) is 0 Å². The van der Waals surface area contributed by atoms with Gasteiger partial charge in [0.1, 0.15) is 0 Å². The average molecular weight is 311 g/mol. The Kier molecular flexibility index (Phi) is 4.51. The number of amides is 1. The maximum absolute atomic E-state index is 11.4. The van der Waals surface area contributed by atoms with Gasteiger partial charge in [0.25, 0.3) is 5.91 Å². The molecule has 0 spiro atoms. The Hall–Kier alpha value is -0.860. The van der Waals surface area contributed by atoms with Crippen LogP contribution in [0.3, 0.4) is 0 Å².